The smallest absolute Gasteiger partial charge is 0.235 e. The summed E-state index contributed by atoms with van der Waals surface area (Å²) in [6.45, 7) is -0.165. The monoisotopic (exact) mass is 425 g/mol. The summed E-state index contributed by atoms with van der Waals surface area (Å²) in [5.41, 5.74) is -5.89. The highest BCUT2D eigenvalue weighted by atomic mass is 19.4. The van der Waals surface area contributed by atoms with Gasteiger partial charge in [-0.15, -0.1) is 0 Å². The Morgan fingerprint density at radius 3 is 0.923 bits per heavy atom. The van der Waals surface area contributed by atoms with Gasteiger partial charge in [-0.25, -0.2) is 4.90 Å². The SMILES string of the molecule is CC(C)=C(N(C(F)(F)C(F)(F)F)C(F)(F)C(F)(F)F)C(F)(F)C(F)(F)F. The van der Waals surface area contributed by atoms with Crippen molar-refractivity contribution in [3.05, 3.63) is 11.3 Å². The number of alkyl halides is 15. The molecule has 0 rings (SSSR count). The van der Waals surface area contributed by atoms with E-state index in [9.17, 15) is 65.9 Å². The van der Waals surface area contributed by atoms with Crippen LogP contribution in [0.4, 0.5) is 65.9 Å². The van der Waals surface area contributed by atoms with Crippen molar-refractivity contribution in [1.82, 2.24) is 4.90 Å². The van der Waals surface area contributed by atoms with Crippen LogP contribution in [0.3, 0.4) is 0 Å². The largest absolute Gasteiger partial charge is 0.475 e. The fourth-order valence-corrected chi connectivity index (χ4v) is 1.52. The lowest BCUT2D eigenvalue weighted by Gasteiger charge is -2.43. The molecule has 0 amide bonds. The molecule has 26 heavy (non-hydrogen) atoms. The fourth-order valence-electron chi connectivity index (χ4n) is 1.52. The predicted octanol–water partition coefficient (Wildman–Crippen LogP) is 6.09. The van der Waals surface area contributed by atoms with Crippen LogP contribution in [0.25, 0.3) is 0 Å². The Morgan fingerprint density at radius 1 is 0.500 bits per heavy atom. The highest BCUT2D eigenvalue weighted by Gasteiger charge is 2.78. The van der Waals surface area contributed by atoms with E-state index in [1.54, 1.807) is 0 Å². The molecule has 0 atom stereocenters. The van der Waals surface area contributed by atoms with Gasteiger partial charge in [-0.2, -0.15) is 65.9 Å². The standard InChI is InChI=1S/C10H6F15N/c1-3(2)4(5(11,12)6(13,14)15)26(9(22,23)7(16,17)18)10(24,25)8(19,20)21/h1-2H3. The molecule has 0 aliphatic heterocycles. The van der Waals surface area contributed by atoms with E-state index in [0.29, 0.717) is 0 Å². The first kappa shape index (κ1) is 24.5. The number of hydrogen-bond donors (Lipinski definition) is 0. The van der Waals surface area contributed by atoms with Gasteiger partial charge in [-0.3, -0.25) is 0 Å². The number of hydrogen-bond acceptors (Lipinski definition) is 1. The quantitative estimate of drug-likeness (QED) is 0.389. The van der Waals surface area contributed by atoms with E-state index >= 15 is 0 Å². The van der Waals surface area contributed by atoms with E-state index in [-0.39, 0.29) is 13.8 Å². The van der Waals surface area contributed by atoms with Crippen molar-refractivity contribution in [2.24, 2.45) is 0 Å². The topological polar surface area (TPSA) is 3.24 Å². The molecule has 0 aliphatic rings. The van der Waals surface area contributed by atoms with Crippen LogP contribution in [0.2, 0.25) is 0 Å². The summed E-state index contributed by atoms with van der Waals surface area (Å²) in [6, 6.07) is -14.9. The van der Waals surface area contributed by atoms with Gasteiger partial charge in [0.2, 0.25) is 0 Å². The van der Waals surface area contributed by atoms with Crippen LogP contribution in [0.1, 0.15) is 13.8 Å². The summed E-state index contributed by atoms with van der Waals surface area (Å²) in [5, 5.41) is 0. The first-order valence-electron chi connectivity index (χ1n) is 5.76. The summed E-state index contributed by atoms with van der Waals surface area (Å²) in [4.78, 5) is -3.59. The van der Waals surface area contributed by atoms with Crippen molar-refractivity contribution in [3.63, 3.8) is 0 Å². The zero-order chi connectivity index (χ0) is 21.7. The lowest BCUT2D eigenvalue weighted by molar-refractivity contribution is -0.431. The van der Waals surface area contributed by atoms with Crippen LogP contribution in [0, 0.1) is 0 Å². The molecule has 156 valence electrons. The third kappa shape index (κ3) is 3.92. The summed E-state index contributed by atoms with van der Waals surface area (Å²) < 4.78 is 190. The Balaban J connectivity index is 7.14. The normalized spacial score (nSPS) is 15.1. The second-order valence-corrected chi connectivity index (χ2v) is 4.83. The average Bonchev–Trinajstić information content (AvgIpc) is 2.29. The van der Waals surface area contributed by atoms with Gasteiger partial charge in [0.25, 0.3) is 0 Å². The fraction of sp³-hybridized carbons (Fsp3) is 0.800. The van der Waals surface area contributed by atoms with Crippen LogP contribution in [0.5, 0.6) is 0 Å². The molecule has 0 aliphatic carbocycles. The maximum absolute atomic E-state index is 13.3. The van der Waals surface area contributed by atoms with E-state index in [0.717, 1.165) is 0 Å². The number of nitrogens with zero attached hydrogens (tertiary/aromatic N) is 1. The zero-order valence-electron chi connectivity index (χ0n) is 12.1. The molecule has 0 fully saturated rings. The van der Waals surface area contributed by atoms with E-state index in [2.05, 4.69) is 0 Å². The lowest BCUT2D eigenvalue weighted by Crippen LogP contribution is -2.66. The molecule has 1 nitrogen and oxygen atoms in total. The molecule has 16 heteroatoms. The van der Waals surface area contributed by atoms with Crippen molar-refractivity contribution >= 4 is 0 Å². The molecule has 0 unspecified atom stereocenters. The van der Waals surface area contributed by atoms with E-state index in [4.69, 9.17) is 0 Å². The molecule has 0 N–H and O–H groups in total. The maximum atomic E-state index is 13.3. The molecule has 0 saturated carbocycles. The Kier molecular flexibility index (Phi) is 5.92. The van der Waals surface area contributed by atoms with Crippen molar-refractivity contribution in [1.29, 1.82) is 0 Å². The van der Waals surface area contributed by atoms with Crippen LogP contribution in [-0.2, 0) is 0 Å². The summed E-state index contributed by atoms with van der Waals surface area (Å²) in [5.74, 6) is -6.91. The van der Waals surface area contributed by atoms with Gasteiger partial charge in [-0.05, 0) is 13.8 Å². The summed E-state index contributed by atoms with van der Waals surface area (Å²) in [7, 11) is 0. The number of allylic oxidation sites excluding steroid dienone is 2. The van der Waals surface area contributed by atoms with Crippen LogP contribution < -0.4 is 0 Å². The van der Waals surface area contributed by atoms with Crippen molar-refractivity contribution < 1.29 is 65.9 Å². The molecule has 0 spiro atoms. The third-order valence-corrected chi connectivity index (χ3v) is 2.59. The van der Waals surface area contributed by atoms with Crippen molar-refractivity contribution in [3.8, 4) is 0 Å². The van der Waals surface area contributed by atoms with Crippen molar-refractivity contribution in [2.45, 2.75) is 50.4 Å². The maximum Gasteiger partial charge on any atom is 0.475 e. The summed E-state index contributed by atoms with van der Waals surface area (Å²) in [6.07, 6.45) is -21.8. The second kappa shape index (κ2) is 6.28. The Morgan fingerprint density at radius 2 is 0.769 bits per heavy atom. The molecule has 0 saturated heterocycles. The first-order valence-corrected chi connectivity index (χ1v) is 5.76. The van der Waals surface area contributed by atoms with Gasteiger partial charge >= 0.3 is 36.5 Å². The van der Waals surface area contributed by atoms with Crippen LogP contribution in [-0.4, -0.2) is 41.4 Å². The van der Waals surface area contributed by atoms with Gasteiger partial charge in [-0.1, -0.05) is 5.57 Å². The van der Waals surface area contributed by atoms with Gasteiger partial charge in [0.1, 0.15) is 5.70 Å². The van der Waals surface area contributed by atoms with Gasteiger partial charge in [0.15, 0.2) is 0 Å². The molecular weight excluding hydrogens is 419 g/mol. The Bertz CT molecular complexity index is 516. The van der Waals surface area contributed by atoms with E-state index < -0.39 is 52.7 Å². The Hall–Kier alpha value is -1.51. The van der Waals surface area contributed by atoms with Crippen LogP contribution >= 0.6 is 0 Å². The zero-order valence-corrected chi connectivity index (χ0v) is 12.1. The van der Waals surface area contributed by atoms with E-state index in [1.165, 1.54) is 0 Å². The average molecular weight is 425 g/mol. The molecule has 0 aromatic heterocycles. The highest BCUT2D eigenvalue weighted by molar-refractivity contribution is 5.23. The van der Waals surface area contributed by atoms with Gasteiger partial charge in [0, 0.05) is 0 Å². The van der Waals surface area contributed by atoms with E-state index in [1.807, 2.05) is 0 Å². The molecule has 0 heterocycles. The molecular formula is C10H6F15N. The molecule has 0 radical (unpaired) electrons. The van der Waals surface area contributed by atoms with Crippen LogP contribution in [0.15, 0.2) is 11.3 Å². The number of halogens is 15. The second-order valence-electron chi connectivity index (χ2n) is 4.83. The van der Waals surface area contributed by atoms with Gasteiger partial charge in [0.05, 0.1) is 0 Å². The molecule has 0 aromatic carbocycles. The third-order valence-electron chi connectivity index (χ3n) is 2.59. The molecule has 0 bridgehead atoms. The Labute approximate surface area is 134 Å². The lowest BCUT2D eigenvalue weighted by atomic mass is 10.1. The minimum Gasteiger partial charge on any atom is -0.235 e. The molecule has 0 aromatic rings. The highest BCUT2D eigenvalue weighted by Crippen LogP contribution is 2.55. The predicted molar refractivity (Wildman–Crippen MR) is 53.2 cm³/mol. The summed E-state index contributed by atoms with van der Waals surface area (Å²) >= 11 is 0. The minimum atomic E-state index is -7.45. The van der Waals surface area contributed by atoms with Crippen molar-refractivity contribution in [2.75, 3.05) is 0 Å². The minimum absolute atomic E-state index is 0.0824. The first-order chi connectivity index (χ1) is 10.9. The van der Waals surface area contributed by atoms with Gasteiger partial charge < -0.3 is 0 Å². The number of rotatable bonds is 4.